The van der Waals surface area contributed by atoms with Gasteiger partial charge in [-0.3, -0.25) is 4.79 Å². The predicted molar refractivity (Wildman–Crippen MR) is 102 cm³/mol. The molecule has 0 spiro atoms. The van der Waals surface area contributed by atoms with Crippen LogP contribution in [0.2, 0.25) is 0 Å². The molecule has 3 heteroatoms. The van der Waals surface area contributed by atoms with Gasteiger partial charge in [-0.1, -0.05) is 48.0 Å². The number of nitrogens with zero attached hydrogens (tertiary/aromatic N) is 2. The molecule has 1 amide bonds. The van der Waals surface area contributed by atoms with Crippen LogP contribution in [-0.4, -0.2) is 19.0 Å². The van der Waals surface area contributed by atoms with Crippen molar-refractivity contribution in [3.63, 3.8) is 0 Å². The second kappa shape index (κ2) is 6.07. The number of carbonyl (C=O) groups excluding carboxylic acids is 1. The highest BCUT2D eigenvalue weighted by Crippen LogP contribution is 2.41. The highest BCUT2D eigenvalue weighted by molar-refractivity contribution is 6.26. The molecule has 1 aliphatic rings. The lowest BCUT2D eigenvalue weighted by Crippen LogP contribution is -2.28. The Kier molecular flexibility index (Phi) is 3.74. The molecule has 0 atom stereocenters. The molecule has 3 aromatic rings. The van der Waals surface area contributed by atoms with Gasteiger partial charge in [-0.2, -0.15) is 0 Å². The van der Waals surface area contributed by atoms with Crippen LogP contribution in [0.4, 0.5) is 5.69 Å². The van der Waals surface area contributed by atoms with Crippen LogP contribution in [0.3, 0.4) is 0 Å². The van der Waals surface area contributed by atoms with E-state index < -0.39 is 0 Å². The molecule has 122 valence electrons. The molecule has 0 unspecified atom stereocenters. The standard InChI is InChI=1S/C22H18N2O/c1-15-7-9-16(10-8-15)17-11-12-20-21-18(17)5-3-6-19(21)22(25)24(20)14-4-13-23-2/h3,5-12H,4,13-14H2,1H3. The Morgan fingerprint density at radius 2 is 1.80 bits per heavy atom. The van der Waals surface area contributed by atoms with Gasteiger partial charge in [-0.15, -0.1) is 0 Å². The summed E-state index contributed by atoms with van der Waals surface area (Å²) in [6.45, 7) is 10.1. The van der Waals surface area contributed by atoms with E-state index in [4.69, 9.17) is 6.57 Å². The van der Waals surface area contributed by atoms with Crippen LogP contribution in [0.15, 0.2) is 54.6 Å². The quantitative estimate of drug-likeness (QED) is 0.484. The van der Waals surface area contributed by atoms with E-state index in [1.165, 1.54) is 5.56 Å². The van der Waals surface area contributed by atoms with Gasteiger partial charge in [0.1, 0.15) is 0 Å². The fraction of sp³-hybridized carbons (Fsp3) is 0.182. The maximum absolute atomic E-state index is 12.8. The Hall–Kier alpha value is -3.12. The fourth-order valence-corrected chi connectivity index (χ4v) is 3.56. The van der Waals surface area contributed by atoms with E-state index in [0.717, 1.165) is 33.2 Å². The molecule has 1 aliphatic heterocycles. The van der Waals surface area contributed by atoms with Crippen molar-refractivity contribution in [1.29, 1.82) is 0 Å². The lowest BCUT2D eigenvalue weighted by molar-refractivity contribution is 0.0993. The van der Waals surface area contributed by atoms with Crippen molar-refractivity contribution in [2.45, 2.75) is 13.3 Å². The van der Waals surface area contributed by atoms with Crippen LogP contribution in [0.1, 0.15) is 22.3 Å². The van der Waals surface area contributed by atoms with E-state index in [2.05, 4.69) is 48.2 Å². The van der Waals surface area contributed by atoms with Crippen molar-refractivity contribution in [2.75, 3.05) is 18.0 Å². The first kappa shape index (κ1) is 15.4. The monoisotopic (exact) mass is 326 g/mol. The largest absolute Gasteiger partial charge is 0.317 e. The highest BCUT2D eigenvalue weighted by Gasteiger charge is 2.30. The minimum atomic E-state index is 0.0478. The zero-order chi connectivity index (χ0) is 17.4. The number of hydrogen-bond acceptors (Lipinski definition) is 1. The Balaban J connectivity index is 1.86. The molecule has 0 bridgehead atoms. The van der Waals surface area contributed by atoms with E-state index in [1.807, 2.05) is 23.1 Å². The summed E-state index contributed by atoms with van der Waals surface area (Å²) in [4.78, 5) is 18.0. The van der Waals surface area contributed by atoms with Crippen molar-refractivity contribution in [2.24, 2.45) is 0 Å². The number of rotatable bonds is 4. The molecule has 4 rings (SSSR count). The zero-order valence-electron chi connectivity index (χ0n) is 14.1. The minimum Gasteiger partial charge on any atom is -0.317 e. The van der Waals surface area contributed by atoms with E-state index in [0.29, 0.717) is 19.5 Å². The van der Waals surface area contributed by atoms with Crippen LogP contribution < -0.4 is 4.90 Å². The molecule has 0 aromatic heterocycles. The Labute approximate surface area is 147 Å². The molecule has 3 aromatic carbocycles. The summed E-state index contributed by atoms with van der Waals surface area (Å²) < 4.78 is 0. The molecule has 0 saturated heterocycles. The van der Waals surface area contributed by atoms with Gasteiger partial charge in [0.15, 0.2) is 0 Å². The number of aryl methyl sites for hydroxylation is 1. The van der Waals surface area contributed by atoms with Gasteiger partial charge >= 0.3 is 0 Å². The van der Waals surface area contributed by atoms with Gasteiger partial charge in [-0.05, 0) is 35.6 Å². The van der Waals surface area contributed by atoms with E-state index in [-0.39, 0.29) is 5.91 Å². The number of anilines is 1. The molecule has 1 heterocycles. The normalized spacial score (nSPS) is 12.6. The van der Waals surface area contributed by atoms with E-state index >= 15 is 0 Å². The van der Waals surface area contributed by atoms with E-state index in [1.54, 1.807) is 0 Å². The second-order valence-electron chi connectivity index (χ2n) is 6.42. The molecule has 25 heavy (non-hydrogen) atoms. The van der Waals surface area contributed by atoms with Gasteiger partial charge < -0.3 is 9.74 Å². The van der Waals surface area contributed by atoms with Crippen molar-refractivity contribution < 1.29 is 4.79 Å². The fourth-order valence-electron chi connectivity index (χ4n) is 3.56. The van der Waals surface area contributed by atoms with Crippen LogP contribution >= 0.6 is 0 Å². The lowest BCUT2D eigenvalue weighted by Gasteiger charge is -2.17. The first-order chi connectivity index (χ1) is 12.2. The molecule has 0 N–H and O–H groups in total. The number of benzene rings is 3. The van der Waals surface area contributed by atoms with Gasteiger partial charge in [0.25, 0.3) is 5.91 Å². The summed E-state index contributed by atoms with van der Waals surface area (Å²) in [6.07, 6.45) is 0.699. The summed E-state index contributed by atoms with van der Waals surface area (Å²) in [5.41, 5.74) is 5.28. The zero-order valence-corrected chi connectivity index (χ0v) is 14.1. The summed E-state index contributed by atoms with van der Waals surface area (Å²) in [5, 5.41) is 2.15. The molecule has 0 aliphatic carbocycles. The van der Waals surface area contributed by atoms with Crippen molar-refractivity contribution in [3.05, 3.63) is 77.1 Å². The topological polar surface area (TPSA) is 24.7 Å². The third-order valence-electron chi connectivity index (χ3n) is 4.80. The first-order valence-corrected chi connectivity index (χ1v) is 8.48. The van der Waals surface area contributed by atoms with Crippen molar-refractivity contribution in [1.82, 2.24) is 0 Å². The molecular formula is C22H18N2O. The maximum atomic E-state index is 12.8. The summed E-state index contributed by atoms with van der Waals surface area (Å²) >= 11 is 0. The SMILES string of the molecule is [C-]#[N+]CCCN1C(=O)c2cccc3c(-c4ccc(C)cc4)ccc1c23. The summed E-state index contributed by atoms with van der Waals surface area (Å²) in [6, 6.07) is 18.6. The van der Waals surface area contributed by atoms with Gasteiger partial charge in [0, 0.05) is 23.9 Å². The number of amides is 1. The minimum absolute atomic E-state index is 0.0478. The molecular weight excluding hydrogens is 308 g/mol. The molecule has 0 radical (unpaired) electrons. The van der Waals surface area contributed by atoms with Crippen molar-refractivity contribution in [3.8, 4) is 11.1 Å². The Morgan fingerprint density at radius 3 is 2.56 bits per heavy atom. The third-order valence-corrected chi connectivity index (χ3v) is 4.80. The van der Waals surface area contributed by atoms with Gasteiger partial charge in [0.2, 0.25) is 6.54 Å². The van der Waals surface area contributed by atoms with Crippen LogP contribution in [-0.2, 0) is 0 Å². The van der Waals surface area contributed by atoms with E-state index in [9.17, 15) is 4.79 Å². The van der Waals surface area contributed by atoms with Crippen molar-refractivity contribution >= 4 is 22.4 Å². The number of carbonyl (C=O) groups is 1. The predicted octanol–water partition coefficient (Wildman–Crippen LogP) is 5.08. The average molecular weight is 326 g/mol. The molecule has 3 nitrogen and oxygen atoms in total. The second-order valence-corrected chi connectivity index (χ2v) is 6.42. The van der Waals surface area contributed by atoms with Crippen LogP contribution in [0, 0.1) is 13.5 Å². The Bertz CT molecular complexity index is 1010. The third kappa shape index (κ3) is 2.47. The van der Waals surface area contributed by atoms with Gasteiger partial charge in [-0.25, -0.2) is 6.57 Å². The Morgan fingerprint density at radius 1 is 1.00 bits per heavy atom. The lowest BCUT2D eigenvalue weighted by atomic mass is 9.95. The smallest absolute Gasteiger partial charge is 0.259 e. The van der Waals surface area contributed by atoms with Gasteiger partial charge in [0.05, 0.1) is 5.69 Å². The molecule has 0 saturated carbocycles. The highest BCUT2D eigenvalue weighted by atomic mass is 16.2. The maximum Gasteiger partial charge on any atom is 0.259 e. The molecule has 0 fully saturated rings. The summed E-state index contributed by atoms with van der Waals surface area (Å²) in [7, 11) is 0. The summed E-state index contributed by atoms with van der Waals surface area (Å²) in [5.74, 6) is 0.0478. The number of hydrogen-bond donors (Lipinski definition) is 0. The average Bonchev–Trinajstić information content (AvgIpc) is 2.91. The van der Waals surface area contributed by atoms with Crippen LogP contribution in [0.5, 0.6) is 0 Å². The first-order valence-electron chi connectivity index (χ1n) is 8.48. The van der Waals surface area contributed by atoms with Crippen LogP contribution in [0.25, 0.3) is 26.7 Å².